The van der Waals surface area contributed by atoms with Crippen LogP contribution in [0.25, 0.3) is 17.0 Å². The van der Waals surface area contributed by atoms with Crippen LogP contribution < -0.4 is 10.2 Å². The highest BCUT2D eigenvalue weighted by atomic mass is 32.1. The number of aromatic nitrogens is 1. The van der Waals surface area contributed by atoms with Crippen LogP contribution in [0.5, 0.6) is 0 Å². The minimum absolute atomic E-state index is 0.00142. The first-order valence-electron chi connectivity index (χ1n) is 10.7. The SMILES string of the molecule is Cc1ccccc1N1C(=O)/C(=C/c2cn(Cc3ccc(F)cc3)c3ccccc23)C(=O)NC1=S. The third-order valence-corrected chi connectivity index (χ3v) is 6.13. The van der Waals surface area contributed by atoms with Crippen LogP contribution in [0.15, 0.2) is 84.6 Å². The van der Waals surface area contributed by atoms with E-state index < -0.39 is 11.8 Å². The van der Waals surface area contributed by atoms with Gasteiger partial charge in [0.25, 0.3) is 11.8 Å². The second kappa shape index (κ2) is 8.68. The maximum atomic E-state index is 13.4. The summed E-state index contributed by atoms with van der Waals surface area (Å²) in [5.41, 5.74) is 4.10. The first-order chi connectivity index (χ1) is 16.4. The van der Waals surface area contributed by atoms with Gasteiger partial charge in [-0.15, -0.1) is 0 Å². The van der Waals surface area contributed by atoms with E-state index in [1.54, 1.807) is 24.3 Å². The molecule has 0 radical (unpaired) electrons. The number of para-hydroxylation sites is 2. The number of thiocarbonyl (C=S) groups is 1. The lowest BCUT2D eigenvalue weighted by molar-refractivity contribution is -0.122. The molecule has 1 aliphatic rings. The van der Waals surface area contributed by atoms with Crippen LogP contribution in [0.1, 0.15) is 16.7 Å². The van der Waals surface area contributed by atoms with Gasteiger partial charge in [-0.05, 0) is 60.6 Å². The maximum Gasteiger partial charge on any atom is 0.270 e. The van der Waals surface area contributed by atoms with Gasteiger partial charge in [0.15, 0.2) is 5.11 Å². The molecule has 168 valence electrons. The third-order valence-electron chi connectivity index (χ3n) is 5.84. The number of halogens is 1. The molecule has 1 saturated heterocycles. The summed E-state index contributed by atoms with van der Waals surface area (Å²) in [5.74, 6) is -1.29. The molecule has 2 amide bonds. The highest BCUT2D eigenvalue weighted by Crippen LogP contribution is 2.28. The lowest BCUT2D eigenvalue weighted by Crippen LogP contribution is -2.54. The quantitative estimate of drug-likeness (QED) is 0.261. The number of hydrogen-bond donors (Lipinski definition) is 1. The Labute approximate surface area is 201 Å². The molecule has 3 aromatic carbocycles. The number of aryl methyl sites for hydroxylation is 1. The third kappa shape index (κ3) is 3.91. The van der Waals surface area contributed by atoms with E-state index in [4.69, 9.17) is 12.2 Å². The lowest BCUT2D eigenvalue weighted by atomic mass is 10.1. The van der Waals surface area contributed by atoms with Gasteiger partial charge in [-0.3, -0.25) is 19.8 Å². The number of nitrogens with one attached hydrogen (secondary N) is 1. The molecule has 4 aromatic rings. The Hall–Kier alpha value is -4.10. The second-order valence-corrected chi connectivity index (χ2v) is 8.49. The predicted octanol–water partition coefficient (Wildman–Crippen LogP) is 4.97. The van der Waals surface area contributed by atoms with Crippen LogP contribution in [0.3, 0.4) is 0 Å². The fourth-order valence-corrected chi connectivity index (χ4v) is 4.43. The molecule has 0 atom stereocenters. The Morgan fingerprint density at radius 2 is 1.68 bits per heavy atom. The minimum atomic E-state index is -0.532. The first kappa shape index (κ1) is 21.7. The van der Waals surface area contributed by atoms with E-state index in [-0.39, 0.29) is 16.5 Å². The Morgan fingerprint density at radius 1 is 0.971 bits per heavy atom. The van der Waals surface area contributed by atoms with Crippen molar-refractivity contribution in [3.8, 4) is 0 Å². The highest BCUT2D eigenvalue weighted by molar-refractivity contribution is 7.80. The number of fused-ring (bicyclic) bond motifs is 1. The van der Waals surface area contributed by atoms with Crippen molar-refractivity contribution < 1.29 is 14.0 Å². The van der Waals surface area contributed by atoms with Gasteiger partial charge in [0.05, 0.1) is 5.69 Å². The van der Waals surface area contributed by atoms with E-state index in [1.807, 2.05) is 60.2 Å². The summed E-state index contributed by atoms with van der Waals surface area (Å²) in [6.45, 7) is 2.40. The largest absolute Gasteiger partial charge is 0.342 e. The summed E-state index contributed by atoms with van der Waals surface area (Å²) in [5, 5.41) is 3.60. The Bertz CT molecular complexity index is 1490. The molecule has 7 heteroatoms. The molecule has 1 aromatic heterocycles. The topological polar surface area (TPSA) is 54.3 Å². The smallest absolute Gasteiger partial charge is 0.270 e. The first-order valence-corrected chi connectivity index (χ1v) is 11.1. The number of amides is 2. The van der Waals surface area contributed by atoms with Gasteiger partial charge in [0.2, 0.25) is 0 Å². The van der Waals surface area contributed by atoms with Gasteiger partial charge in [-0.1, -0.05) is 48.5 Å². The van der Waals surface area contributed by atoms with Crippen molar-refractivity contribution in [2.24, 2.45) is 0 Å². The van der Waals surface area contributed by atoms with E-state index in [1.165, 1.54) is 17.0 Å². The second-order valence-electron chi connectivity index (χ2n) is 8.10. The zero-order valence-electron chi connectivity index (χ0n) is 18.3. The van der Waals surface area contributed by atoms with Crippen molar-refractivity contribution in [2.75, 3.05) is 4.90 Å². The van der Waals surface area contributed by atoms with Crippen molar-refractivity contribution >= 4 is 51.8 Å². The van der Waals surface area contributed by atoms with Gasteiger partial charge in [-0.25, -0.2) is 4.39 Å². The van der Waals surface area contributed by atoms with Gasteiger partial charge < -0.3 is 4.57 Å². The number of anilines is 1. The van der Waals surface area contributed by atoms with E-state index in [0.29, 0.717) is 12.2 Å². The molecular weight excluding hydrogens is 449 g/mol. The van der Waals surface area contributed by atoms with Crippen LogP contribution in [0.4, 0.5) is 10.1 Å². The molecule has 0 spiro atoms. The lowest BCUT2D eigenvalue weighted by Gasteiger charge is -2.29. The Kier molecular flexibility index (Phi) is 5.55. The van der Waals surface area contributed by atoms with Crippen LogP contribution >= 0.6 is 12.2 Å². The summed E-state index contributed by atoms with van der Waals surface area (Å²) >= 11 is 5.32. The summed E-state index contributed by atoms with van der Waals surface area (Å²) in [6.07, 6.45) is 3.50. The normalized spacial score (nSPS) is 15.3. The Morgan fingerprint density at radius 3 is 2.44 bits per heavy atom. The zero-order valence-corrected chi connectivity index (χ0v) is 19.1. The minimum Gasteiger partial charge on any atom is -0.342 e. The monoisotopic (exact) mass is 469 g/mol. The average Bonchev–Trinajstić information content (AvgIpc) is 3.16. The van der Waals surface area contributed by atoms with Gasteiger partial charge in [0, 0.05) is 29.2 Å². The van der Waals surface area contributed by atoms with E-state index in [9.17, 15) is 14.0 Å². The molecule has 0 saturated carbocycles. The summed E-state index contributed by atoms with van der Waals surface area (Å²) in [6, 6.07) is 21.5. The summed E-state index contributed by atoms with van der Waals surface area (Å²) in [7, 11) is 0. The Balaban J connectivity index is 1.57. The molecule has 1 fully saturated rings. The maximum absolute atomic E-state index is 13.4. The van der Waals surface area contributed by atoms with Crippen LogP contribution in [0, 0.1) is 12.7 Å². The average molecular weight is 470 g/mol. The van der Waals surface area contributed by atoms with Crippen LogP contribution in [0.2, 0.25) is 0 Å². The zero-order chi connectivity index (χ0) is 23.8. The van der Waals surface area contributed by atoms with Gasteiger partial charge in [0.1, 0.15) is 11.4 Å². The standard InChI is InChI=1S/C27H20FN3O2S/c1-17-6-2-4-8-23(17)31-26(33)22(25(32)29-27(31)34)14-19-16-30(24-9-5-3-7-21(19)24)15-18-10-12-20(28)13-11-18/h2-14,16H,15H2,1H3,(H,29,32,34)/b22-14+. The van der Waals surface area contributed by atoms with Gasteiger partial charge >= 0.3 is 0 Å². The fraction of sp³-hybridized carbons (Fsp3) is 0.0741. The number of rotatable bonds is 4. The molecule has 5 rings (SSSR count). The molecule has 0 aliphatic carbocycles. The number of benzene rings is 3. The van der Waals surface area contributed by atoms with Crippen molar-refractivity contribution in [3.63, 3.8) is 0 Å². The molecule has 5 nitrogen and oxygen atoms in total. The predicted molar refractivity (Wildman–Crippen MR) is 135 cm³/mol. The summed E-state index contributed by atoms with van der Waals surface area (Å²) < 4.78 is 15.3. The molecular formula is C27H20FN3O2S. The summed E-state index contributed by atoms with van der Waals surface area (Å²) in [4.78, 5) is 27.6. The van der Waals surface area contributed by atoms with E-state index in [2.05, 4.69) is 5.32 Å². The van der Waals surface area contributed by atoms with Crippen LogP contribution in [-0.4, -0.2) is 21.5 Å². The molecule has 34 heavy (non-hydrogen) atoms. The van der Waals surface area contributed by atoms with Crippen molar-refractivity contribution in [2.45, 2.75) is 13.5 Å². The molecule has 0 bridgehead atoms. The van der Waals surface area contributed by atoms with Gasteiger partial charge in [-0.2, -0.15) is 0 Å². The number of carbonyl (C=O) groups excluding carboxylic acids is 2. The van der Waals surface area contributed by atoms with Crippen molar-refractivity contribution in [3.05, 3.63) is 107 Å². The van der Waals surface area contributed by atoms with Crippen LogP contribution in [-0.2, 0) is 16.1 Å². The van der Waals surface area contributed by atoms with E-state index in [0.717, 1.165) is 27.6 Å². The molecule has 2 heterocycles. The number of hydrogen-bond acceptors (Lipinski definition) is 3. The molecule has 1 aliphatic heterocycles. The molecule has 1 N–H and O–H groups in total. The van der Waals surface area contributed by atoms with E-state index >= 15 is 0 Å². The van der Waals surface area contributed by atoms with Crippen molar-refractivity contribution in [1.82, 2.24) is 9.88 Å². The molecule has 0 unspecified atom stereocenters. The number of nitrogens with zero attached hydrogens (tertiary/aromatic N) is 2. The van der Waals surface area contributed by atoms with Crippen molar-refractivity contribution in [1.29, 1.82) is 0 Å². The fourth-order valence-electron chi connectivity index (χ4n) is 4.15. The number of carbonyl (C=O) groups is 2. The highest BCUT2D eigenvalue weighted by Gasteiger charge is 2.35.